The molecule has 0 heterocycles. The summed E-state index contributed by atoms with van der Waals surface area (Å²) < 4.78 is 0. The van der Waals surface area contributed by atoms with Crippen LogP contribution >= 0.6 is 0 Å². The van der Waals surface area contributed by atoms with Crippen molar-refractivity contribution in [1.29, 1.82) is 0 Å². The van der Waals surface area contributed by atoms with Gasteiger partial charge in [0.1, 0.15) is 11.6 Å². The zero-order valence-electron chi connectivity index (χ0n) is 12.4. The number of Topliss-reactive ketones (excluding diaryl/α,β-unsaturated/α-hetero) is 2. The van der Waals surface area contributed by atoms with E-state index < -0.39 is 0 Å². The van der Waals surface area contributed by atoms with Crippen molar-refractivity contribution in [3.05, 3.63) is 0 Å². The minimum atomic E-state index is 0.161. The minimum absolute atomic E-state index is 0.161. The standard InChI is InChI=1S/C17H30O2/c18-16-13-11-9-7-5-3-1-2-4-6-8-10-12-14-17(19)15-16/h1-15H2. The van der Waals surface area contributed by atoms with E-state index in [9.17, 15) is 9.59 Å². The van der Waals surface area contributed by atoms with Crippen LogP contribution in [0.4, 0.5) is 0 Å². The van der Waals surface area contributed by atoms with Gasteiger partial charge in [-0.1, -0.05) is 64.2 Å². The van der Waals surface area contributed by atoms with E-state index in [4.69, 9.17) is 0 Å². The topological polar surface area (TPSA) is 34.1 Å². The molecule has 0 unspecified atom stereocenters. The Hall–Kier alpha value is -0.660. The van der Waals surface area contributed by atoms with Gasteiger partial charge < -0.3 is 0 Å². The lowest BCUT2D eigenvalue weighted by Crippen LogP contribution is -2.07. The highest BCUT2D eigenvalue weighted by Crippen LogP contribution is 2.14. The van der Waals surface area contributed by atoms with E-state index >= 15 is 0 Å². The molecule has 0 radical (unpaired) electrons. The Morgan fingerprint density at radius 1 is 0.421 bits per heavy atom. The summed E-state index contributed by atoms with van der Waals surface area (Å²) in [6.07, 6.45) is 16.3. The predicted molar refractivity (Wildman–Crippen MR) is 79.3 cm³/mol. The Morgan fingerprint density at radius 3 is 1.00 bits per heavy atom. The smallest absolute Gasteiger partial charge is 0.140 e. The first kappa shape index (κ1) is 16.4. The molecule has 19 heavy (non-hydrogen) atoms. The molecule has 0 N–H and O–H groups in total. The monoisotopic (exact) mass is 266 g/mol. The first-order chi connectivity index (χ1) is 9.29. The summed E-state index contributed by atoms with van der Waals surface area (Å²) in [6.45, 7) is 0. The lowest BCUT2D eigenvalue weighted by Gasteiger charge is -2.02. The van der Waals surface area contributed by atoms with E-state index in [1.165, 1.54) is 51.4 Å². The van der Waals surface area contributed by atoms with Gasteiger partial charge in [0, 0.05) is 12.8 Å². The summed E-state index contributed by atoms with van der Waals surface area (Å²) in [4.78, 5) is 23.2. The number of rotatable bonds is 0. The second kappa shape index (κ2) is 11.2. The lowest BCUT2D eigenvalue weighted by atomic mass is 10.0. The molecule has 0 aromatic rings. The van der Waals surface area contributed by atoms with E-state index in [2.05, 4.69) is 0 Å². The highest BCUT2D eigenvalue weighted by atomic mass is 16.1. The van der Waals surface area contributed by atoms with Gasteiger partial charge in [-0.25, -0.2) is 0 Å². The molecule has 1 saturated carbocycles. The Labute approximate surface area is 118 Å². The molecule has 2 heteroatoms. The second-order valence-electron chi connectivity index (χ2n) is 6.00. The number of carbonyl (C=O) groups is 2. The van der Waals surface area contributed by atoms with Gasteiger partial charge in [-0.2, -0.15) is 0 Å². The molecular weight excluding hydrogens is 236 g/mol. The molecule has 1 aliphatic rings. The van der Waals surface area contributed by atoms with Crippen LogP contribution in [-0.2, 0) is 9.59 Å². The second-order valence-corrected chi connectivity index (χ2v) is 6.00. The molecule has 0 spiro atoms. The fraction of sp³-hybridized carbons (Fsp3) is 0.882. The van der Waals surface area contributed by atoms with E-state index in [1.807, 2.05) is 0 Å². The van der Waals surface area contributed by atoms with Crippen molar-refractivity contribution >= 4 is 11.6 Å². The molecule has 1 fully saturated rings. The van der Waals surface area contributed by atoms with Gasteiger partial charge in [-0.3, -0.25) is 9.59 Å². The number of carbonyl (C=O) groups excluding carboxylic acids is 2. The van der Waals surface area contributed by atoms with Crippen LogP contribution in [0, 0.1) is 0 Å². The largest absolute Gasteiger partial charge is 0.299 e. The molecule has 0 atom stereocenters. The quantitative estimate of drug-likeness (QED) is 0.579. The van der Waals surface area contributed by atoms with Crippen LogP contribution < -0.4 is 0 Å². The van der Waals surface area contributed by atoms with Gasteiger partial charge in [0.2, 0.25) is 0 Å². The molecule has 1 rings (SSSR count). The third-order valence-electron chi connectivity index (χ3n) is 4.06. The van der Waals surface area contributed by atoms with Gasteiger partial charge >= 0.3 is 0 Å². The van der Waals surface area contributed by atoms with Gasteiger partial charge in [0.15, 0.2) is 0 Å². The SMILES string of the molecule is O=C1CCCCCCCCCCCCCCC(=O)C1. The van der Waals surface area contributed by atoms with E-state index in [0.29, 0.717) is 12.8 Å². The molecule has 0 saturated heterocycles. The van der Waals surface area contributed by atoms with Crippen LogP contribution in [0.5, 0.6) is 0 Å². The fourth-order valence-corrected chi connectivity index (χ4v) is 2.81. The van der Waals surface area contributed by atoms with Crippen molar-refractivity contribution in [1.82, 2.24) is 0 Å². The summed E-state index contributed by atoms with van der Waals surface area (Å²) in [5.74, 6) is 0.323. The maximum Gasteiger partial charge on any atom is 0.140 e. The molecule has 0 bridgehead atoms. The predicted octanol–water partition coefficient (Wildman–Crippen LogP) is 4.99. The molecule has 2 nitrogen and oxygen atoms in total. The maximum atomic E-state index is 11.6. The molecule has 0 amide bonds. The van der Waals surface area contributed by atoms with Gasteiger partial charge in [0.25, 0.3) is 0 Å². The number of hydrogen-bond acceptors (Lipinski definition) is 2. The highest BCUT2D eigenvalue weighted by Gasteiger charge is 2.09. The molecule has 0 aliphatic heterocycles. The Bertz CT molecular complexity index is 232. The summed E-state index contributed by atoms with van der Waals surface area (Å²) in [5.41, 5.74) is 0. The van der Waals surface area contributed by atoms with E-state index in [0.717, 1.165) is 25.7 Å². The zero-order valence-corrected chi connectivity index (χ0v) is 12.4. The summed E-state index contributed by atoms with van der Waals surface area (Å²) >= 11 is 0. The summed E-state index contributed by atoms with van der Waals surface area (Å²) in [7, 11) is 0. The maximum absolute atomic E-state index is 11.6. The molecule has 0 aromatic carbocycles. The van der Waals surface area contributed by atoms with Crippen LogP contribution in [0.1, 0.15) is 96.3 Å². The average Bonchev–Trinajstić information content (AvgIpc) is 2.38. The Morgan fingerprint density at radius 2 is 0.684 bits per heavy atom. The minimum Gasteiger partial charge on any atom is -0.299 e. The van der Waals surface area contributed by atoms with Crippen molar-refractivity contribution in [3.8, 4) is 0 Å². The van der Waals surface area contributed by atoms with Crippen LogP contribution in [0.2, 0.25) is 0 Å². The number of hydrogen-bond donors (Lipinski definition) is 0. The van der Waals surface area contributed by atoms with Crippen molar-refractivity contribution in [2.24, 2.45) is 0 Å². The van der Waals surface area contributed by atoms with Crippen molar-refractivity contribution in [2.75, 3.05) is 0 Å². The van der Waals surface area contributed by atoms with Gasteiger partial charge in [-0.05, 0) is 12.8 Å². The van der Waals surface area contributed by atoms with Crippen LogP contribution in [0.3, 0.4) is 0 Å². The summed E-state index contributed by atoms with van der Waals surface area (Å²) in [5, 5.41) is 0. The normalized spacial score (nSPS) is 22.9. The lowest BCUT2D eigenvalue weighted by molar-refractivity contribution is -0.127. The van der Waals surface area contributed by atoms with Gasteiger partial charge in [0.05, 0.1) is 6.42 Å². The molecule has 1 aliphatic carbocycles. The van der Waals surface area contributed by atoms with E-state index in [-0.39, 0.29) is 18.0 Å². The molecular formula is C17H30O2. The highest BCUT2D eigenvalue weighted by molar-refractivity contribution is 5.98. The summed E-state index contributed by atoms with van der Waals surface area (Å²) in [6, 6.07) is 0. The van der Waals surface area contributed by atoms with Crippen molar-refractivity contribution in [2.45, 2.75) is 96.3 Å². The van der Waals surface area contributed by atoms with Crippen LogP contribution in [0.25, 0.3) is 0 Å². The first-order valence-electron chi connectivity index (χ1n) is 8.32. The molecule has 0 aromatic heterocycles. The third-order valence-corrected chi connectivity index (χ3v) is 4.06. The van der Waals surface area contributed by atoms with Crippen molar-refractivity contribution in [3.63, 3.8) is 0 Å². The fourth-order valence-electron chi connectivity index (χ4n) is 2.81. The molecule has 110 valence electrons. The third kappa shape index (κ3) is 9.86. The number of ketones is 2. The first-order valence-corrected chi connectivity index (χ1v) is 8.32. The van der Waals surface area contributed by atoms with Crippen molar-refractivity contribution < 1.29 is 9.59 Å². The van der Waals surface area contributed by atoms with Crippen LogP contribution in [-0.4, -0.2) is 11.6 Å². The average molecular weight is 266 g/mol. The zero-order chi connectivity index (χ0) is 13.8. The Balaban J connectivity index is 2.23. The van der Waals surface area contributed by atoms with Gasteiger partial charge in [-0.15, -0.1) is 0 Å². The van der Waals surface area contributed by atoms with E-state index in [1.54, 1.807) is 0 Å². The van der Waals surface area contributed by atoms with Crippen LogP contribution in [0.15, 0.2) is 0 Å². The Kier molecular flexibility index (Phi) is 9.66.